The number of carbonyl (C=O) groups is 2. The monoisotopic (exact) mass is 486 g/mol. The summed E-state index contributed by atoms with van der Waals surface area (Å²) in [7, 11) is 1.62. The van der Waals surface area contributed by atoms with Crippen LogP contribution in [0.2, 0.25) is 0 Å². The normalized spacial score (nSPS) is 11.7. The van der Waals surface area contributed by atoms with E-state index < -0.39 is 5.25 Å². The van der Waals surface area contributed by atoms with Crippen molar-refractivity contribution in [2.45, 2.75) is 31.2 Å². The third-order valence-electron chi connectivity index (χ3n) is 5.48. The second kappa shape index (κ2) is 10.6. The van der Waals surface area contributed by atoms with Crippen LogP contribution < -0.4 is 10.1 Å². The molecule has 0 spiro atoms. The van der Waals surface area contributed by atoms with Crippen molar-refractivity contribution in [3.63, 3.8) is 0 Å². The van der Waals surface area contributed by atoms with Crippen LogP contribution in [0.3, 0.4) is 0 Å². The fourth-order valence-corrected chi connectivity index (χ4v) is 4.39. The first kappa shape index (κ1) is 24.2. The number of hydrogen-bond donors (Lipinski definition) is 1. The minimum Gasteiger partial charge on any atom is -0.496 e. The van der Waals surface area contributed by atoms with Crippen LogP contribution in [0.5, 0.6) is 5.75 Å². The quantitative estimate of drug-likeness (QED) is 0.259. The Hall–Kier alpha value is -3.91. The van der Waals surface area contributed by atoms with Crippen molar-refractivity contribution in [2.24, 2.45) is 0 Å². The SMILES string of the molecule is COc1ccccc1-c1nnc(S[C@H](C)C(=O)Nc2ccc(C(C)=O)cc2)n1-c1ccc(C)cc1. The van der Waals surface area contributed by atoms with Crippen LogP contribution >= 0.6 is 11.8 Å². The molecule has 1 atom stereocenters. The number of nitrogens with one attached hydrogen (secondary N) is 1. The van der Waals surface area contributed by atoms with Crippen LogP contribution in [0.25, 0.3) is 17.1 Å². The summed E-state index contributed by atoms with van der Waals surface area (Å²) in [5.74, 6) is 1.11. The lowest BCUT2D eigenvalue weighted by Crippen LogP contribution is -2.23. The smallest absolute Gasteiger partial charge is 0.237 e. The van der Waals surface area contributed by atoms with Gasteiger partial charge in [0.15, 0.2) is 16.8 Å². The third-order valence-corrected chi connectivity index (χ3v) is 6.53. The highest BCUT2D eigenvalue weighted by atomic mass is 32.2. The summed E-state index contributed by atoms with van der Waals surface area (Å²) in [6.45, 7) is 5.36. The number of Topliss-reactive ketones (excluding diaryl/α,β-unsaturated/α-hetero) is 1. The second-order valence-electron chi connectivity index (χ2n) is 8.06. The molecule has 0 aliphatic heterocycles. The zero-order valence-corrected chi connectivity index (χ0v) is 20.8. The minimum absolute atomic E-state index is 0.0203. The van der Waals surface area contributed by atoms with Gasteiger partial charge >= 0.3 is 0 Å². The minimum atomic E-state index is -0.457. The van der Waals surface area contributed by atoms with E-state index in [0.29, 0.717) is 28.0 Å². The first-order valence-corrected chi connectivity index (χ1v) is 12.0. The summed E-state index contributed by atoms with van der Waals surface area (Å²) < 4.78 is 7.49. The van der Waals surface area contributed by atoms with Gasteiger partial charge in [0.2, 0.25) is 5.91 Å². The Morgan fingerprint density at radius 1 is 0.971 bits per heavy atom. The molecule has 0 unspecified atom stereocenters. The highest BCUT2D eigenvalue weighted by Crippen LogP contribution is 2.34. The van der Waals surface area contributed by atoms with E-state index in [2.05, 4.69) is 15.5 Å². The standard InChI is InChI=1S/C27H26N4O3S/c1-17-9-15-22(16-10-17)31-25(23-7-5-6-8-24(23)34-4)29-30-27(31)35-19(3)26(33)28-21-13-11-20(12-14-21)18(2)32/h5-16,19H,1-4H3,(H,28,33)/t19-/m1/s1. The molecule has 1 aromatic heterocycles. The van der Waals surface area contributed by atoms with E-state index in [4.69, 9.17) is 4.74 Å². The van der Waals surface area contributed by atoms with Gasteiger partial charge in [-0.1, -0.05) is 41.6 Å². The van der Waals surface area contributed by atoms with Gasteiger partial charge in [0.05, 0.1) is 17.9 Å². The van der Waals surface area contributed by atoms with Crippen molar-refractivity contribution < 1.29 is 14.3 Å². The van der Waals surface area contributed by atoms with Gasteiger partial charge in [-0.05, 0) is 69.3 Å². The van der Waals surface area contributed by atoms with Gasteiger partial charge in [-0.15, -0.1) is 10.2 Å². The number of nitrogens with zero attached hydrogens (tertiary/aromatic N) is 3. The summed E-state index contributed by atoms with van der Waals surface area (Å²) in [5, 5.41) is 11.9. The Kier molecular flexibility index (Phi) is 7.31. The molecule has 1 amide bonds. The number of ketones is 1. The van der Waals surface area contributed by atoms with Crippen LogP contribution in [0.4, 0.5) is 5.69 Å². The number of anilines is 1. The molecule has 0 saturated carbocycles. The molecule has 0 aliphatic rings. The van der Waals surface area contributed by atoms with E-state index in [-0.39, 0.29) is 11.7 Å². The number of amides is 1. The van der Waals surface area contributed by atoms with Crippen molar-refractivity contribution >= 4 is 29.1 Å². The number of aromatic nitrogens is 3. The Balaban J connectivity index is 1.63. The third kappa shape index (κ3) is 5.44. The van der Waals surface area contributed by atoms with Gasteiger partial charge in [0.1, 0.15) is 5.75 Å². The number of para-hydroxylation sites is 1. The average molecular weight is 487 g/mol. The Morgan fingerprint density at radius 3 is 2.31 bits per heavy atom. The van der Waals surface area contributed by atoms with Gasteiger partial charge in [-0.3, -0.25) is 14.2 Å². The molecule has 0 fully saturated rings. The van der Waals surface area contributed by atoms with Gasteiger partial charge < -0.3 is 10.1 Å². The van der Waals surface area contributed by atoms with Crippen molar-refractivity contribution in [2.75, 3.05) is 12.4 Å². The van der Waals surface area contributed by atoms with Crippen LogP contribution in [0.15, 0.2) is 78.0 Å². The number of methoxy groups -OCH3 is 1. The molecule has 0 radical (unpaired) electrons. The van der Waals surface area contributed by atoms with Crippen molar-refractivity contribution in [3.8, 4) is 22.8 Å². The molecule has 4 rings (SSSR count). The Labute approximate surface area is 208 Å². The lowest BCUT2D eigenvalue weighted by molar-refractivity contribution is -0.115. The number of thioether (sulfide) groups is 1. The highest BCUT2D eigenvalue weighted by molar-refractivity contribution is 8.00. The molecule has 178 valence electrons. The predicted octanol–water partition coefficient (Wildman–Crippen LogP) is 5.57. The maximum absolute atomic E-state index is 12.9. The van der Waals surface area contributed by atoms with Gasteiger partial charge in [-0.25, -0.2) is 0 Å². The number of rotatable bonds is 8. The zero-order chi connectivity index (χ0) is 24.9. The average Bonchev–Trinajstić information content (AvgIpc) is 3.27. The fourth-order valence-electron chi connectivity index (χ4n) is 3.52. The predicted molar refractivity (Wildman–Crippen MR) is 138 cm³/mol. The summed E-state index contributed by atoms with van der Waals surface area (Å²) in [4.78, 5) is 24.4. The summed E-state index contributed by atoms with van der Waals surface area (Å²) in [6, 6.07) is 22.5. The zero-order valence-electron chi connectivity index (χ0n) is 20.0. The topological polar surface area (TPSA) is 86.1 Å². The van der Waals surface area contributed by atoms with E-state index in [1.165, 1.54) is 18.7 Å². The van der Waals surface area contributed by atoms with Crippen molar-refractivity contribution in [1.82, 2.24) is 14.8 Å². The summed E-state index contributed by atoms with van der Waals surface area (Å²) >= 11 is 1.32. The van der Waals surface area contributed by atoms with Gasteiger partial charge in [0, 0.05) is 16.9 Å². The number of aryl methyl sites for hydroxylation is 1. The van der Waals surface area contributed by atoms with E-state index in [9.17, 15) is 9.59 Å². The summed E-state index contributed by atoms with van der Waals surface area (Å²) in [5.41, 5.74) is 4.05. The fraction of sp³-hybridized carbons (Fsp3) is 0.185. The lowest BCUT2D eigenvalue weighted by atomic mass is 10.1. The molecule has 8 heteroatoms. The number of ether oxygens (including phenoxy) is 1. The number of benzene rings is 3. The van der Waals surface area contributed by atoms with E-state index in [1.54, 1.807) is 31.4 Å². The van der Waals surface area contributed by atoms with Crippen LogP contribution in [0.1, 0.15) is 29.8 Å². The van der Waals surface area contributed by atoms with Gasteiger partial charge in [0.25, 0.3) is 0 Å². The Bertz CT molecular complexity index is 1350. The molecule has 1 heterocycles. The van der Waals surface area contributed by atoms with Crippen molar-refractivity contribution in [1.29, 1.82) is 0 Å². The van der Waals surface area contributed by atoms with Gasteiger partial charge in [-0.2, -0.15) is 0 Å². The molecule has 1 N–H and O–H groups in total. The van der Waals surface area contributed by atoms with Crippen molar-refractivity contribution in [3.05, 3.63) is 83.9 Å². The number of carbonyl (C=O) groups excluding carboxylic acids is 2. The molecule has 4 aromatic rings. The van der Waals surface area contributed by atoms with E-state index in [0.717, 1.165) is 16.8 Å². The molecule has 35 heavy (non-hydrogen) atoms. The largest absolute Gasteiger partial charge is 0.496 e. The Morgan fingerprint density at radius 2 is 1.66 bits per heavy atom. The molecular formula is C27H26N4O3S. The highest BCUT2D eigenvalue weighted by Gasteiger charge is 2.23. The molecule has 0 saturated heterocycles. The van der Waals surface area contributed by atoms with Crippen LogP contribution in [-0.4, -0.2) is 38.8 Å². The van der Waals surface area contributed by atoms with Crippen LogP contribution in [0, 0.1) is 6.92 Å². The number of hydrogen-bond acceptors (Lipinski definition) is 6. The lowest BCUT2D eigenvalue weighted by Gasteiger charge is -2.15. The maximum atomic E-state index is 12.9. The molecule has 3 aromatic carbocycles. The molecule has 0 bridgehead atoms. The van der Waals surface area contributed by atoms with Crippen LogP contribution in [-0.2, 0) is 4.79 Å². The maximum Gasteiger partial charge on any atom is 0.237 e. The first-order chi connectivity index (χ1) is 16.9. The van der Waals surface area contributed by atoms with E-state index >= 15 is 0 Å². The summed E-state index contributed by atoms with van der Waals surface area (Å²) in [6.07, 6.45) is 0. The first-order valence-electron chi connectivity index (χ1n) is 11.1. The second-order valence-corrected chi connectivity index (χ2v) is 9.37. The van der Waals surface area contributed by atoms with E-state index in [1.807, 2.05) is 66.9 Å². The molecular weight excluding hydrogens is 460 g/mol. The molecule has 7 nitrogen and oxygen atoms in total. The molecule has 0 aliphatic carbocycles.